The van der Waals surface area contributed by atoms with Gasteiger partial charge in [-0.15, -0.1) is 10.2 Å². The Bertz CT molecular complexity index is 528. The molecule has 1 aromatic carbocycles. The Hall–Kier alpha value is -1.66. The van der Waals surface area contributed by atoms with Crippen molar-refractivity contribution in [2.75, 3.05) is 21.3 Å². The van der Waals surface area contributed by atoms with Crippen LogP contribution in [-0.4, -0.2) is 31.5 Å². The van der Waals surface area contributed by atoms with Crippen molar-refractivity contribution in [2.45, 2.75) is 6.54 Å². The summed E-state index contributed by atoms with van der Waals surface area (Å²) in [6.45, 7) is 0.727. The van der Waals surface area contributed by atoms with Crippen LogP contribution in [0.15, 0.2) is 18.2 Å². The summed E-state index contributed by atoms with van der Waals surface area (Å²) in [7, 11) is 5.12. The summed E-state index contributed by atoms with van der Waals surface area (Å²) in [5, 5.41) is 13.2. The summed E-state index contributed by atoms with van der Waals surface area (Å²) in [4.78, 5) is 0. The van der Waals surface area contributed by atoms with Gasteiger partial charge in [0.1, 0.15) is 10.0 Å². The molecule has 5 nitrogen and oxygen atoms in total. The summed E-state index contributed by atoms with van der Waals surface area (Å²) in [6, 6.07) is 5.72. The SMILES string of the molecule is CNCc1nnc(-c2ccc(OC)c(OC)c2)s1. The third-order valence-electron chi connectivity index (χ3n) is 2.43. The van der Waals surface area contributed by atoms with Crippen molar-refractivity contribution in [3.05, 3.63) is 23.2 Å². The highest BCUT2D eigenvalue weighted by molar-refractivity contribution is 7.14. The van der Waals surface area contributed by atoms with Gasteiger partial charge >= 0.3 is 0 Å². The van der Waals surface area contributed by atoms with Crippen LogP contribution in [0.25, 0.3) is 10.6 Å². The molecule has 0 aliphatic carbocycles. The maximum atomic E-state index is 5.27. The van der Waals surface area contributed by atoms with Crippen molar-refractivity contribution < 1.29 is 9.47 Å². The second-order valence-corrected chi connectivity index (χ2v) is 4.66. The molecule has 0 amide bonds. The maximum Gasteiger partial charge on any atom is 0.161 e. The van der Waals surface area contributed by atoms with Crippen molar-refractivity contribution in [3.8, 4) is 22.1 Å². The molecule has 0 bridgehead atoms. The first kappa shape index (κ1) is 12.8. The standard InChI is InChI=1S/C12H15N3O2S/c1-13-7-11-14-15-12(18-11)8-4-5-9(16-2)10(6-8)17-3/h4-6,13H,7H2,1-3H3. The van der Waals surface area contributed by atoms with E-state index in [1.165, 1.54) is 0 Å². The van der Waals surface area contributed by atoms with Crippen LogP contribution in [0.2, 0.25) is 0 Å². The zero-order valence-electron chi connectivity index (χ0n) is 10.6. The fourth-order valence-corrected chi connectivity index (χ4v) is 2.41. The fraction of sp³-hybridized carbons (Fsp3) is 0.333. The second kappa shape index (κ2) is 5.79. The van der Waals surface area contributed by atoms with Gasteiger partial charge < -0.3 is 14.8 Å². The maximum absolute atomic E-state index is 5.27. The van der Waals surface area contributed by atoms with E-state index in [2.05, 4.69) is 15.5 Å². The van der Waals surface area contributed by atoms with Crippen LogP contribution in [0.4, 0.5) is 0 Å². The van der Waals surface area contributed by atoms with Gasteiger partial charge in [-0.05, 0) is 25.2 Å². The topological polar surface area (TPSA) is 56.3 Å². The molecule has 0 spiro atoms. The lowest BCUT2D eigenvalue weighted by molar-refractivity contribution is 0.355. The van der Waals surface area contributed by atoms with Crippen molar-refractivity contribution >= 4 is 11.3 Å². The molecule has 96 valence electrons. The first-order chi connectivity index (χ1) is 8.78. The molecule has 0 unspecified atom stereocenters. The van der Waals surface area contributed by atoms with Crippen LogP contribution >= 0.6 is 11.3 Å². The molecule has 0 aliphatic rings. The van der Waals surface area contributed by atoms with Gasteiger partial charge in [0, 0.05) is 12.1 Å². The minimum Gasteiger partial charge on any atom is -0.493 e. The Morgan fingerprint density at radius 3 is 2.61 bits per heavy atom. The number of benzene rings is 1. The molecule has 0 atom stereocenters. The molecule has 2 aromatic rings. The number of hydrogen-bond acceptors (Lipinski definition) is 6. The lowest BCUT2D eigenvalue weighted by atomic mass is 10.2. The summed E-state index contributed by atoms with van der Waals surface area (Å²) in [5.41, 5.74) is 0.979. The minimum atomic E-state index is 0.695. The Balaban J connectivity index is 2.31. The molecule has 1 N–H and O–H groups in total. The van der Waals surface area contributed by atoms with Gasteiger partial charge in [-0.25, -0.2) is 0 Å². The van der Waals surface area contributed by atoms with E-state index >= 15 is 0 Å². The summed E-state index contributed by atoms with van der Waals surface area (Å²) in [6.07, 6.45) is 0. The zero-order chi connectivity index (χ0) is 13.0. The Kier molecular flexibility index (Phi) is 4.11. The zero-order valence-corrected chi connectivity index (χ0v) is 11.4. The van der Waals surface area contributed by atoms with E-state index in [0.29, 0.717) is 11.5 Å². The average molecular weight is 265 g/mol. The smallest absolute Gasteiger partial charge is 0.161 e. The molecule has 0 saturated carbocycles. The lowest BCUT2D eigenvalue weighted by Crippen LogP contribution is -2.04. The van der Waals surface area contributed by atoms with E-state index < -0.39 is 0 Å². The van der Waals surface area contributed by atoms with Crippen molar-refractivity contribution in [3.63, 3.8) is 0 Å². The van der Waals surface area contributed by atoms with Gasteiger partial charge in [-0.3, -0.25) is 0 Å². The monoisotopic (exact) mass is 265 g/mol. The molecule has 0 saturated heterocycles. The van der Waals surface area contributed by atoms with Gasteiger partial charge in [-0.2, -0.15) is 0 Å². The van der Waals surface area contributed by atoms with Crippen molar-refractivity contribution in [1.29, 1.82) is 0 Å². The predicted octanol–water partition coefficient (Wildman–Crippen LogP) is 1.94. The van der Waals surface area contributed by atoms with E-state index in [4.69, 9.17) is 9.47 Å². The van der Waals surface area contributed by atoms with Crippen LogP contribution < -0.4 is 14.8 Å². The fourth-order valence-electron chi connectivity index (χ4n) is 1.56. The molecule has 0 radical (unpaired) electrons. The van der Waals surface area contributed by atoms with Gasteiger partial charge in [-0.1, -0.05) is 11.3 Å². The highest BCUT2D eigenvalue weighted by Crippen LogP contribution is 2.33. The van der Waals surface area contributed by atoms with Crippen LogP contribution in [0.1, 0.15) is 5.01 Å². The Morgan fingerprint density at radius 2 is 1.94 bits per heavy atom. The number of ether oxygens (including phenoxy) is 2. The third kappa shape index (κ3) is 2.60. The summed E-state index contributed by atoms with van der Waals surface area (Å²) in [5.74, 6) is 1.40. The molecule has 0 fully saturated rings. The van der Waals surface area contributed by atoms with E-state index in [1.54, 1.807) is 25.6 Å². The first-order valence-corrected chi connectivity index (χ1v) is 6.29. The highest BCUT2D eigenvalue weighted by Gasteiger charge is 2.10. The van der Waals surface area contributed by atoms with E-state index in [1.807, 2.05) is 25.2 Å². The highest BCUT2D eigenvalue weighted by atomic mass is 32.1. The molecule has 0 aliphatic heterocycles. The third-order valence-corrected chi connectivity index (χ3v) is 3.40. The number of methoxy groups -OCH3 is 2. The Morgan fingerprint density at radius 1 is 1.17 bits per heavy atom. The predicted molar refractivity (Wildman–Crippen MR) is 71.2 cm³/mol. The summed E-state index contributed by atoms with van der Waals surface area (Å²) < 4.78 is 10.5. The Labute approximate surface area is 110 Å². The quantitative estimate of drug-likeness (QED) is 0.895. The molecular formula is C12H15N3O2S. The van der Waals surface area contributed by atoms with Gasteiger partial charge in [0.15, 0.2) is 11.5 Å². The molecular weight excluding hydrogens is 250 g/mol. The van der Waals surface area contributed by atoms with Gasteiger partial charge in [0.25, 0.3) is 0 Å². The molecule has 1 aromatic heterocycles. The van der Waals surface area contributed by atoms with Crippen LogP contribution in [0.5, 0.6) is 11.5 Å². The van der Waals surface area contributed by atoms with Crippen LogP contribution in [-0.2, 0) is 6.54 Å². The number of nitrogens with zero attached hydrogens (tertiary/aromatic N) is 2. The van der Waals surface area contributed by atoms with Gasteiger partial charge in [0.05, 0.1) is 14.2 Å². The number of rotatable bonds is 5. The largest absolute Gasteiger partial charge is 0.493 e. The number of aromatic nitrogens is 2. The van der Waals surface area contributed by atoms with E-state index in [0.717, 1.165) is 22.1 Å². The molecule has 6 heteroatoms. The minimum absolute atomic E-state index is 0.695. The molecule has 2 rings (SSSR count). The first-order valence-electron chi connectivity index (χ1n) is 5.48. The van der Waals surface area contributed by atoms with Crippen molar-refractivity contribution in [1.82, 2.24) is 15.5 Å². The normalized spacial score (nSPS) is 10.4. The molecule has 1 heterocycles. The van der Waals surface area contributed by atoms with Gasteiger partial charge in [0.2, 0.25) is 0 Å². The average Bonchev–Trinajstić information content (AvgIpc) is 2.87. The summed E-state index contributed by atoms with van der Waals surface area (Å²) >= 11 is 1.56. The van der Waals surface area contributed by atoms with E-state index in [-0.39, 0.29) is 0 Å². The molecule has 18 heavy (non-hydrogen) atoms. The van der Waals surface area contributed by atoms with Crippen LogP contribution in [0, 0.1) is 0 Å². The van der Waals surface area contributed by atoms with Crippen LogP contribution in [0.3, 0.4) is 0 Å². The second-order valence-electron chi connectivity index (χ2n) is 3.60. The van der Waals surface area contributed by atoms with Crippen molar-refractivity contribution in [2.24, 2.45) is 0 Å². The number of hydrogen-bond donors (Lipinski definition) is 1. The van der Waals surface area contributed by atoms with E-state index in [9.17, 15) is 0 Å². The number of nitrogens with one attached hydrogen (secondary N) is 1. The lowest BCUT2D eigenvalue weighted by Gasteiger charge is -2.07.